The SMILES string of the molecule is CNc1ccc(C2CN3C=C(C(=O)OCCF)C=CC3=N2)cn1. The molecule has 0 saturated carbocycles. The molecule has 6 nitrogen and oxygen atoms in total. The molecule has 2 aliphatic heterocycles. The summed E-state index contributed by atoms with van der Waals surface area (Å²) in [4.78, 5) is 22.6. The molecule has 1 unspecified atom stereocenters. The number of nitrogens with zero attached hydrogens (tertiary/aromatic N) is 3. The van der Waals surface area contributed by atoms with Crippen LogP contribution in [0.25, 0.3) is 0 Å². The molecule has 120 valence electrons. The van der Waals surface area contributed by atoms with Gasteiger partial charge in [-0.25, -0.2) is 14.2 Å². The summed E-state index contributed by atoms with van der Waals surface area (Å²) in [6.07, 6.45) is 6.89. The second-order valence-electron chi connectivity index (χ2n) is 5.12. The van der Waals surface area contributed by atoms with Gasteiger partial charge in [0.1, 0.15) is 24.9 Å². The van der Waals surface area contributed by atoms with Crippen LogP contribution in [0.15, 0.2) is 47.2 Å². The zero-order chi connectivity index (χ0) is 16.2. The average Bonchev–Trinajstić information content (AvgIpc) is 3.02. The zero-order valence-electron chi connectivity index (χ0n) is 12.7. The average molecular weight is 316 g/mol. The first-order chi connectivity index (χ1) is 11.2. The van der Waals surface area contributed by atoms with Crippen LogP contribution in [-0.4, -0.2) is 48.6 Å². The maximum atomic E-state index is 12.1. The molecule has 0 spiro atoms. The smallest absolute Gasteiger partial charge is 0.339 e. The topological polar surface area (TPSA) is 66.8 Å². The van der Waals surface area contributed by atoms with Gasteiger partial charge in [-0.15, -0.1) is 0 Å². The second-order valence-corrected chi connectivity index (χ2v) is 5.12. The summed E-state index contributed by atoms with van der Waals surface area (Å²) in [5, 5.41) is 2.97. The van der Waals surface area contributed by atoms with Gasteiger partial charge in [0.05, 0.1) is 18.2 Å². The Kier molecular flexibility index (Phi) is 4.36. The molecule has 1 atom stereocenters. The van der Waals surface area contributed by atoms with Crippen molar-refractivity contribution in [1.29, 1.82) is 0 Å². The molecular formula is C16H17FN4O2. The van der Waals surface area contributed by atoms with Crippen molar-refractivity contribution in [2.45, 2.75) is 6.04 Å². The lowest BCUT2D eigenvalue weighted by Crippen LogP contribution is -2.25. The van der Waals surface area contributed by atoms with Crippen molar-refractivity contribution < 1.29 is 13.9 Å². The minimum Gasteiger partial charge on any atom is -0.459 e. The number of amidine groups is 1. The lowest BCUT2D eigenvalue weighted by molar-refractivity contribution is -0.139. The Morgan fingerprint density at radius 2 is 2.35 bits per heavy atom. The van der Waals surface area contributed by atoms with Crippen LogP contribution in [0.5, 0.6) is 0 Å². The van der Waals surface area contributed by atoms with Gasteiger partial charge in [-0.1, -0.05) is 6.07 Å². The third-order valence-electron chi connectivity index (χ3n) is 3.63. The summed E-state index contributed by atoms with van der Waals surface area (Å²) in [6.45, 7) is -0.284. The number of aliphatic imine (C=N–C) groups is 1. The molecule has 3 heterocycles. The van der Waals surface area contributed by atoms with E-state index >= 15 is 0 Å². The van der Waals surface area contributed by atoms with Crippen molar-refractivity contribution in [3.05, 3.63) is 47.8 Å². The number of anilines is 1. The molecule has 0 bridgehead atoms. The Labute approximate surface area is 133 Å². The normalized spacial score (nSPS) is 19.0. The van der Waals surface area contributed by atoms with Crippen molar-refractivity contribution in [2.24, 2.45) is 4.99 Å². The molecule has 1 N–H and O–H groups in total. The molecule has 23 heavy (non-hydrogen) atoms. The number of nitrogens with one attached hydrogen (secondary N) is 1. The summed E-state index contributed by atoms with van der Waals surface area (Å²) in [5.41, 5.74) is 1.40. The lowest BCUT2D eigenvalue weighted by atomic mass is 10.1. The number of alkyl halides is 1. The number of halogens is 1. The zero-order valence-corrected chi connectivity index (χ0v) is 12.7. The van der Waals surface area contributed by atoms with E-state index in [-0.39, 0.29) is 12.6 Å². The third kappa shape index (κ3) is 3.23. The summed E-state index contributed by atoms with van der Waals surface area (Å²) in [7, 11) is 1.82. The first-order valence-corrected chi connectivity index (χ1v) is 7.32. The van der Waals surface area contributed by atoms with Gasteiger partial charge in [-0.05, 0) is 23.8 Å². The van der Waals surface area contributed by atoms with Crippen LogP contribution in [-0.2, 0) is 9.53 Å². The summed E-state index contributed by atoms with van der Waals surface area (Å²) in [5.74, 6) is 1.06. The van der Waals surface area contributed by atoms with Gasteiger partial charge in [0.15, 0.2) is 0 Å². The predicted octanol–water partition coefficient (Wildman–Crippen LogP) is 1.84. The number of hydrogen-bond acceptors (Lipinski definition) is 6. The van der Waals surface area contributed by atoms with Crippen molar-refractivity contribution in [3.63, 3.8) is 0 Å². The molecule has 3 rings (SSSR count). The second kappa shape index (κ2) is 6.60. The van der Waals surface area contributed by atoms with E-state index in [1.807, 2.05) is 24.1 Å². The van der Waals surface area contributed by atoms with Gasteiger partial charge in [-0.2, -0.15) is 0 Å². The fourth-order valence-corrected chi connectivity index (χ4v) is 2.45. The number of pyridine rings is 1. The maximum absolute atomic E-state index is 12.1. The third-order valence-corrected chi connectivity index (χ3v) is 3.63. The van der Waals surface area contributed by atoms with Crippen LogP contribution in [0, 0.1) is 0 Å². The lowest BCUT2D eigenvalue weighted by Gasteiger charge is -2.19. The van der Waals surface area contributed by atoms with E-state index in [9.17, 15) is 9.18 Å². The highest BCUT2D eigenvalue weighted by molar-refractivity contribution is 6.02. The van der Waals surface area contributed by atoms with Gasteiger partial charge >= 0.3 is 5.97 Å². The molecule has 1 aromatic heterocycles. The standard InChI is InChI=1S/C16H17FN4O2/c1-18-14-4-2-11(8-19-14)13-10-21-9-12(3-5-15(21)20-13)16(22)23-7-6-17/h2-5,8-9,13H,6-7,10H2,1H3,(H,18,19). The Morgan fingerprint density at radius 1 is 1.48 bits per heavy atom. The highest BCUT2D eigenvalue weighted by atomic mass is 19.1. The first-order valence-electron chi connectivity index (χ1n) is 7.32. The summed E-state index contributed by atoms with van der Waals surface area (Å²) < 4.78 is 16.9. The maximum Gasteiger partial charge on any atom is 0.339 e. The summed E-state index contributed by atoms with van der Waals surface area (Å²) in [6, 6.07) is 3.85. The minimum absolute atomic E-state index is 0.0366. The molecule has 1 aromatic rings. The number of aromatic nitrogens is 1. The van der Waals surface area contributed by atoms with Gasteiger partial charge in [0.2, 0.25) is 0 Å². The molecule has 0 radical (unpaired) electrons. The predicted molar refractivity (Wildman–Crippen MR) is 84.8 cm³/mol. The summed E-state index contributed by atoms with van der Waals surface area (Å²) >= 11 is 0. The van der Waals surface area contributed by atoms with Crippen molar-refractivity contribution in [1.82, 2.24) is 9.88 Å². The van der Waals surface area contributed by atoms with Gasteiger partial charge < -0.3 is 15.0 Å². The van der Waals surface area contributed by atoms with Crippen LogP contribution < -0.4 is 5.32 Å². The van der Waals surface area contributed by atoms with Crippen molar-refractivity contribution >= 4 is 17.6 Å². The van der Waals surface area contributed by atoms with E-state index in [1.54, 1.807) is 24.5 Å². The number of hydrogen-bond donors (Lipinski definition) is 1. The Bertz CT molecular complexity index is 682. The molecule has 0 fully saturated rings. The van der Waals surface area contributed by atoms with E-state index in [2.05, 4.69) is 15.3 Å². The molecule has 0 aliphatic carbocycles. The number of fused-ring (bicyclic) bond motifs is 1. The van der Waals surface area contributed by atoms with Crippen LogP contribution in [0.2, 0.25) is 0 Å². The van der Waals surface area contributed by atoms with Gasteiger partial charge in [-0.3, -0.25) is 4.99 Å². The first kappa shape index (κ1) is 15.2. The molecule has 0 saturated heterocycles. The molecule has 0 amide bonds. The Balaban J connectivity index is 1.71. The van der Waals surface area contributed by atoms with E-state index in [0.717, 1.165) is 17.2 Å². The fraction of sp³-hybridized carbons (Fsp3) is 0.312. The number of ether oxygens (including phenoxy) is 1. The van der Waals surface area contributed by atoms with Crippen LogP contribution >= 0.6 is 0 Å². The fourth-order valence-electron chi connectivity index (χ4n) is 2.45. The number of rotatable bonds is 5. The number of carbonyl (C=O) groups is 1. The van der Waals surface area contributed by atoms with E-state index in [0.29, 0.717) is 12.1 Å². The van der Waals surface area contributed by atoms with Crippen molar-refractivity contribution in [2.75, 3.05) is 32.2 Å². The molecule has 7 heteroatoms. The largest absolute Gasteiger partial charge is 0.459 e. The quantitative estimate of drug-likeness (QED) is 0.840. The number of carbonyl (C=O) groups excluding carboxylic acids is 1. The van der Waals surface area contributed by atoms with Gasteiger partial charge in [0.25, 0.3) is 0 Å². The minimum atomic E-state index is -0.684. The van der Waals surface area contributed by atoms with E-state index in [4.69, 9.17) is 4.74 Å². The van der Waals surface area contributed by atoms with Crippen LogP contribution in [0.4, 0.5) is 10.2 Å². The highest BCUT2D eigenvalue weighted by Gasteiger charge is 2.27. The highest BCUT2D eigenvalue weighted by Crippen LogP contribution is 2.28. The Hall–Kier alpha value is -2.70. The number of esters is 1. The molecule has 2 aliphatic rings. The van der Waals surface area contributed by atoms with Crippen LogP contribution in [0.1, 0.15) is 11.6 Å². The molecule has 0 aromatic carbocycles. The molecular weight excluding hydrogens is 299 g/mol. The Morgan fingerprint density at radius 3 is 3.04 bits per heavy atom. The van der Waals surface area contributed by atoms with Crippen LogP contribution in [0.3, 0.4) is 0 Å². The van der Waals surface area contributed by atoms with Crippen molar-refractivity contribution in [3.8, 4) is 0 Å². The van der Waals surface area contributed by atoms with E-state index < -0.39 is 12.6 Å². The van der Waals surface area contributed by atoms with E-state index in [1.165, 1.54) is 0 Å². The van der Waals surface area contributed by atoms with Gasteiger partial charge in [0, 0.05) is 19.4 Å². The monoisotopic (exact) mass is 316 g/mol.